The Kier molecular flexibility index (Phi) is 13.5. The normalized spacial score (nSPS) is 12.3. The van der Waals surface area contributed by atoms with Crippen LogP contribution in [0.5, 0.6) is 0 Å². The predicted molar refractivity (Wildman–Crippen MR) is 439 cm³/mol. The van der Waals surface area contributed by atoms with Crippen LogP contribution < -0.4 is 9.80 Å². The summed E-state index contributed by atoms with van der Waals surface area (Å²) in [4.78, 5) is 4.84. The highest BCUT2D eigenvalue weighted by atomic mass is 15.1. The van der Waals surface area contributed by atoms with E-state index >= 15 is 0 Å². The molecule has 0 N–H and O–H groups in total. The first-order valence-corrected chi connectivity index (χ1v) is 35.0. The second kappa shape index (κ2) is 23.6. The van der Waals surface area contributed by atoms with Gasteiger partial charge in [0.2, 0.25) is 0 Å². The van der Waals surface area contributed by atoms with Crippen molar-refractivity contribution in [2.24, 2.45) is 0 Å². The Morgan fingerprint density at radius 2 is 0.416 bits per heavy atom. The molecule has 0 aromatic heterocycles. The van der Waals surface area contributed by atoms with E-state index in [1.165, 1.54) is 152 Å². The van der Waals surface area contributed by atoms with Crippen molar-refractivity contribution < 1.29 is 0 Å². The molecule has 0 unspecified atom stereocenters. The van der Waals surface area contributed by atoms with Gasteiger partial charge in [-0.1, -0.05) is 285 Å². The molecule has 101 heavy (non-hydrogen) atoms. The van der Waals surface area contributed by atoms with Gasteiger partial charge >= 0.3 is 0 Å². The van der Waals surface area contributed by atoms with Gasteiger partial charge in [-0.2, -0.15) is 0 Å². The Labute approximate surface area is 585 Å². The minimum Gasteiger partial charge on any atom is -0.310 e. The van der Waals surface area contributed by atoms with Gasteiger partial charge in [-0.15, -0.1) is 0 Å². The summed E-state index contributed by atoms with van der Waals surface area (Å²) in [5.41, 5.74) is 14.9. The summed E-state index contributed by atoms with van der Waals surface area (Å²) >= 11 is 0. The van der Waals surface area contributed by atoms with Crippen LogP contribution in [0.3, 0.4) is 0 Å². The number of fused-ring (bicyclic) bond motifs is 14. The maximum atomic E-state index is 2.44. The fraction of sp³-hybridized carbons (Fsp3) is 0.0101. The minimum absolute atomic E-state index is 1.08. The van der Waals surface area contributed by atoms with Gasteiger partial charge < -0.3 is 9.80 Å². The molecule has 2 heteroatoms. The van der Waals surface area contributed by atoms with E-state index in [4.69, 9.17) is 0 Å². The molecule has 20 rings (SSSR count). The van der Waals surface area contributed by atoms with Crippen molar-refractivity contribution in [2.75, 3.05) is 9.80 Å². The Hall–Kier alpha value is -13.1. The SMILES string of the molecule is Cc1ccc(N(c2ccc(/C=C/c3c4ccccc4cc4ccccc34)cc2)c2ccc3c(c2)c2cccc4c2c3c2cccc3c5cc(N(c6ccc(/C=C/c7c8ccccc8cc8ccccc78)cc6)c6ccc(/C=C/c7c8ccccc8cc8ccccc78)cc6)ccc5c4c32)cc1. The molecule has 0 bridgehead atoms. The average Bonchev–Trinajstić information content (AvgIpc) is 1.53. The summed E-state index contributed by atoms with van der Waals surface area (Å²) in [6.07, 6.45) is 13.7. The lowest BCUT2D eigenvalue weighted by molar-refractivity contribution is 1.28. The van der Waals surface area contributed by atoms with Gasteiger partial charge in [-0.3, -0.25) is 0 Å². The molecule has 20 aromatic carbocycles. The van der Waals surface area contributed by atoms with Crippen molar-refractivity contribution in [1.82, 2.24) is 0 Å². The van der Waals surface area contributed by atoms with Crippen LogP contribution in [-0.4, -0.2) is 0 Å². The van der Waals surface area contributed by atoms with Crippen LogP contribution in [0, 0.1) is 6.92 Å². The maximum absolute atomic E-state index is 2.44. The molecule has 0 amide bonds. The molecule has 0 atom stereocenters. The van der Waals surface area contributed by atoms with E-state index in [2.05, 4.69) is 387 Å². The van der Waals surface area contributed by atoms with Crippen molar-refractivity contribution in [3.8, 4) is 0 Å². The molecule has 0 heterocycles. The molecule has 0 saturated heterocycles. The highest BCUT2D eigenvalue weighted by Crippen LogP contribution is 2.52. The molecule has 0 saturated carbocycles. The molecule has 20 aromatic rings. The van der Waals surface area contributed by atoms with Crippen LogP contribution in [0.15, 0.2) is 334 Å². The predicted octanol–water partition coefficient (Wildman–Crippen LogP) is 28.2. The van der Waals surface area contributed by atoms with Crippen LogP contribution in [0.2, 0.25) is 0 Å². The molecular weight excluding hydrogens is 1220 g/mol. The first kappa shape index (κ1) is 58.0. The van der Waals surface area contributed by atoms with Crippen LogP contribution in [-0.2, 0) is 0 Å². The molecule has 470 valence electrons. The largest absolute Gasteiger partial charge is 0.310 e. The van der Waals surface area contributed by atoms with E-state index < -0.39 is 0 Å². The molecular formula is C99H64N2. The number of rotatable bonds is 12. The zero-order valence-electron chi connectivity index (χ0n) is 55.6. The van der Waals surface area contributed by atoms with Crippen LogP contribution in [0.4, 0.5) is 34.1 Å². The third-order valence-corrected chi connectivity index (χ3v) is 21.3. The highest BCUT2D eigenvalue weighted by Gasteiger charge is 2.25. The van der Waals surface area contributed by atoms with Gasteiger partial charge in [0, 0.05) is 34.1 Å². The molecule has 0 spiro atoms. The fourth-order valence-corrected chi connectivity index (χ4v) is 16.6. The third kappa shape index (κ3) is 9.71. The van der Waals surface area contributed by atoms with E-state index in [1.54, 1.807) is 0 Å². The number of anilines is 6. The number of hydrogen-bond donors (Lipinski definition) is 0. The van der Waals surface area contributed by atoms with Crippen LogP contribution in [0.25, 0.3) is 166 Å². The monoisotopic (exact) mass is 1280 g/mol. The van der Waals surface area contributed by atoms with Gasteiger partial charge in [0.15, 0.2) is 0 Å². The number of hydrogen-bond acceptors (Lipinski definition) is 2. The fourth-order valence-electron chi connectivity index (χ4n) is 16.6. The topological polar surface area (TPSA) is 6.48 Å². The second-order valence-corrected chi connectivity index (χ2v) is 27.1. The number of benzene rings is 18. The van der Waals surface area contributed by atoms with E-state index in [-0.39, 0.29) is 0 Å². The number of aryl methyl sites for hydroxylation is 1. The standard InChI is InChI=1S/C99H64N2/c1-63-32-43-73(44-33-63)100(74-45-34-64(35-46-74)40-53-85-79-22-8-2-16-67(79)58-68-17-3-9-23-80(68)85)77-51-56-90-94(61-77)88-28-14-30-92-96(88)98(90)93-31-15-29-89-95-62-78(52-57-91(95)99(92)97(89)93)101(75-47-36-65(37-48-75)41-54-86-81-24-10-4-18-69(81)59-70-19-5-11-25-82(70)86)76-49-38-66(39-50-76)42-55-87-83-26-12-6-20-71(83)60-72-21-7-13-27-84(72)87/h2-62H,1H3/b53-40+,54-41+,55-42+. The van der Waals surface area contributed by atoms with E-state index in [0.29, 0.717) is 0 Å². The summed E-state index contributed by atoms with van der Waals surface area (Å²) in [6, 6.07) is 124. The Balaban J connectivity index is 0.691. The maximum Gasteiger partial charge on any atom is 0.0468 e. The molecule has 0 aliphatic carbocycles. The Morgan fingerprint density at radius 1 is 0.178 bits per heavy atom. The molecule has 0 fully saturated rings. The summed E-state index contributed by atoms with van der Waals surface area (Å²) in [5, 5.41) is 30.4. The quantitative estimate of drug-likeness (QED) is 0.0889. The molecule has 0 radical (unpaired) electrons. The highest BCUT2D eigenvalue weighted by molar-refractivity contribution is 6.47. The van der Waals surface area contributed by atoms with E-state index in [0.717, 1.165) is 50.8 Å². The molecule has 0 aliphatic rings. The summed E-state index contributed by atoms with van der Waals surface area (Å²) in [7, 11) is 0. The lowest BCUT2D eigenvalue weighted by Crippen LogP contribution is -2.09. The summed E-state index contributed by atoms with van der Waals surface area (Å²) in [6.45, 7) is 2.16. The van der Waals surface area contributed by atoms with Crippen molar-refractivity contribution in [1.29, 1.82) is 0 Å². The summed E-state index contributed by atoms with van der Waals surface area (Å²) in [5.74, 6) is 0. The zero-order valence-corrected chi connectivity index (χ0v) is 55.6. The van der Waals surface area contributed by atoms with Gasteiger partial charge in [0.25, 0.3) is 0 Å². The van der Waals surface area contributed by atoms with Gasteiger partial charge in [0.1, 0.15) is 0 Å². The van der Waals surface area contributed by atoms with Crippen LogP contribution in [0.1, 0.15) is 38.9 Å². The van der Waals surface area contributed by atoms with Gasteiger partial charge in [-0.25, -0.2) is 0 Å². The third-order valence-electron chi connectivity index (χ3n) is 21.3. The first-order chi connectivity index (χ1) is 50.0. The smallest absolute Gasteiger partial charge is 0.0468 e. The van der Waals surface area contributed by atoms with Crippen molar-refractivity contribution in [3.63, 3.8) is 0 Å². The van der Waals surface area contributed by atoms with Crippen molar-refractivity contribution >= 4 is 200 Å². The minimum atomic E-state index is 1.08. The molecule has 2 nitrogen and oxygen atoms in total. The lowest BCUT2D eigenvalue weighted by Gasteiger charge is -2.26. The Morgan fingerprint density at radius 3 is 0.713 bits per heavy atom. The second-order valence-electron chi connectivity index (χ2n) is 27.1. The average molecular weight is 1280 g/mol. The lowest BCUT2D eigenvalue weighted by atomic mass is 9.95. The summed E-state index contributed by atoms with van der Waals surface area (Å²) < 4.78 is 0. The Bertz CT molecular complexity index is 6460. The van der Waals surface area contributed by atoms with Crippen molar-refractivity contribution in [2.45, 2.75) is 6.92 Å². The van der Waals surface area contributed by atoms with Crippen LogP contribution >= 0.6 is 0 Å². The number of nitrogens with zero attached hydrogens (tertiary/aromatic N) is 2. The van der Waals surface area contributed by atoms with Crippen molar-refractivity contribution in [3.05, 3.63) is 373 Å². The van der Waals surface area contributed by atoms with E-state index in [1.807, 2.05) is 0 Å². The first-order valence-electron chi connectivity index (χ1n) is 35.0. The van der Waals surface area contributed by atoms with Gasteiger partial charge in [-0.05, 0) is 261 Å². The van der Waals surface area contributed by atoms with E-state index in [9.17, 15) is 0 Å². The zero-order chi connectivity index (χ0) is 66.7. The molecule has 0 aliphatic heterocycles. The van der Waals surface area contributed by atoms with Gasteiger partial charge in [0.05, 0.1) is 0 Å².